The van der Waals surface area contributed by atoms with Crippen LogP contribution < -0.4 is 11.1 Å². The summed E-state index contributed by atoms with van der Waals surface area (Å²) in [7, 11) is 0. The summed E-state index contributed by atoms with van der Waals surface area (Å²) in [4.78, 5) is 23.4. The van der Waals surface area contributed by atoms with Crippen molar-refractivity contribution in [2.75, 3.05) is 5.32 Å². The molecular formula is C17H11Cl4N3O4. The number of phenols is 1. The van der Waals surface area contributed by atoms with Gasteiger partial charge in [0.1, 0.15) is 10.8 Å². The van der Waals surface area contributed by atoms with Crippen LogP contribution in [0.15, 0.2) is 33.5 Å². The molecule has 0 saturated carbocycles. The van der Waals surface area contributed by atoms with Gasteiger partial charge in [-0.25, -0.2) is 4.79 Å². The number of amides is 1. The van der Waals surface area contributed by atoms with Crippen LogP contribution in [0.25, 0.3) is 11.5 Å². The van der Waals surface area contributed by atoms with Gasteiger partial charge in [0.05, 0.1) is 27.3 Å². The second kappa shape index (κ2) is 8.05. The Kier molecular flexibility index (Phi) is 5.90. The third-order valence-electron chi connectivity index (χ3n) is 3.67. The fraction of sp³-hybridized carbons (Fsp3) is 0.118. The summed E-state index contributed by atoms with van der Waals surface area (Å²) < 4.78 is 6.12. The maximum absolute atomic E-state index is 12.1. The lowest BCUT2D eigenvalue weighted by Crippen LogP contribution is -2.17. The fourth-order valence-electron chi connectivity index (χ4n) is 2.38. The Morgan fingerprint density at radius 3 is 2.54 bits per heavy atom. The molecule has 1 aromatic heterocycles. The highest BCUT2D eigenvalue weighted by molar-refractivity contribution is 6.42. The summed E-state index contributed by atoms with van der Waals surface area (Å²) in [6.45, 7) is 1.10. The Balaban J connectivity index is 1.96. The predicted molar refractivity (Wildman–Crippen MR) is 108 cm³/mol. The predicted octanol–water partition coefficient (Wildman–Crippen LogP) is 4.83. The first kappa shape index (κ1) is 20.5. The first-order valence-electron chi connectivity index (χ1n) is 7.68. The van der Waals surface area contributed by atoms with Crippen molar-refractivity contribution in [2.24, 2.45) is 0 Å². The van der Waals surface area contributed by atoms with Crippen molar-refractivity contribution < 1.29 is 14.3 Å². The average Bonchev–Trinajstić information content (AvgIpc) is 2.99. The zero-order valence-electron chi connectivity index (χ0n) is 14.1. The van der Waals surface area contributed by atoms with E-state index in [4.69, 9.17) is 50.8 Å². The molecule has 0 aliphatic heterocycles. The zero-order chi connectivity index (χ0) is 20.6. The minimum Gasteiger partial charge on any atom is -0.506 e. The third kappa shape index (κ3) is 4.12. The van der Waals surface area contributed by atoms with Crippen molar-refractivity contribution >= 4 is 58.0 Å². The van der Waals surface area contributed by atoms with Gasteiger partial charge in [-0.05, 0) is 24.3 Å². The second-order valence-corrected chi connectivity index (χ2v) is 7.30. The van der Waals surface area contributed by atoms with Gasteiger partial charge in [-0.3, -0.25) is 4.79 Å². The van der Waals surface area contributed by atoms with E-state index in [9.17, 15) is 14.7 Å². The molecule has 0 aliphatic rings. The van der Waals surface area contributed by atoms with Crippen molar-refractivity contribution in [2.45, 2.75) is 13.5 Å². The molecule has 0 unspecified atom stereocenters. The Morgan fingerprint density at radius 1 is 1.18 bits per heavy atom. The van der Waals surface area contributed by atoms with E-state index in [0.29, 0.717) is 10.6 Å². The number of nitrogens with zero attached hydrogens (tertiary/aromatic N) is 2. The summed E-state index contributed by atoms with van der Waals surface area (Å²) in [5.41, 5.74) is 0.729. The Morgan fingerprint density at radius 2 is 1.89 bits per heavy atom. The van der Waals surface area contributed by atoms with E-state index in [1.54, 1.807) is 12.1 Å². The van der Waals surface area contributed by atoms with Crippen LogP contribution in [-0.2, 0) is 11.3 Å². The number of rotatable bonds is 4. The quantitative estimate of drug-likeness (QED) is 0.578. The minimum absolute atomic E-state index is 0.0233. The largest absolute Gasteiger partial charge is 0.506 e. The second-order valence-electron chi connectivity index (χ2n) is 5.70. The first-order chi connectivity index (χ1) is 13.2. The van der Waals surface area contributed by atoms with Crippen molar-refractivity contribution in [1.29, 1.82) is 0 Å². The molecule has 0 bridgehead atoms. The van der Waals surface area contributed by atoms with Crippen LogP contribution >= 0.6 is 46.4 Å². The molecule has 2 aromatic carbocycles. The van der Waals surface area contributed by atoms with Gasteiger partial charge < -0.3 is 14.8 Å². The van der Waals surface area contributed by atoms with Crippen LogP contribution in [0, 0.1) is 0 Å². The Hall–Kier alpha value is -2.19. The SMILES string of the molecule is CC(=O)Nc1c(Cl)cc(Cn2nc(-c3ccc(Cl)c(Cl)c3)oc2=O)c(O)c1Cl. The molecule has 0 atom stereocenters. The van der Waals surface area contributed by atoms with E-state index in [1.807, 2.05) is 0 Å². The standard InChI is InChI=1S/C17H11Cl4N3O4/c1-7(25)22-14-12(20)5-9(15(26)13(14)21)6-24-17(27)28-16(23-24)8-2-3-10(18)11(19)4-8/h2-5,26H,6H2,1H3,(H,22,25). The summed E-state index contributed by atoms with van der Waals surface area (Å²) >= 11 is 24.0. The minimum atomic E-state index is -0.765. The number of carbonyl (C=O) groups excluding carboxylic acids is 1. The summed E-state index contributed by atoms with van der Waals surface area (Å²) in [6, 6.07) is 6.02. The fourth-order valence-corrected chi connectivity index (χ4v) is 3.27. The van der Waals surface area contributed by atoms with Crippen molar-refractivity contribution in [1.82, 2.24) is 9.78 Å². The van der Waals surface area contributed by atoms with Gasteiger partial charge in [-0.15, -0.1) is 5.10 Å². The molecule has 0 radical (unpaired) electrons. The Labute approximate surface area is 178 Å². The van der Waals surface area contributed by atoms with Gasteiger partial charge in [0, 0.05) is 18.1 Å². The molecule has 0 fully saturated rings. The summed E-state index contributed by atoms with van der Waals surface area (Å²) in [5.74, 6) is -1.50. The maximum atomic E-state index is 12.1. The topological polar surface area (TPSA) is 97.4 Å². The summed E-state index contributed by atoms with van der Waals surface area (Å²) in [6.07, 6.45) is 0. The van der Waals surface area contributed by atoms with E-state index in [2.05, 4.69) is 10.4 Å². The molecule has 28 heavy (non-hydrogen) atoms. The highest BCUT2D eigenvalue weighted by Crippen LogP contribution is 2.40. The molecule has 0 spiro atoms. The number of benzene rings is 2. The monoisotopic (exact) mass is 461 g/mol. The van der Waals surface area contributed by atoms with Crippen LogP contribution in [0.4, 0.5) is 5.69 Å². The number of aromatic hydroxyl groups is 1. The molecule has 1 heterocycles. The summed E-state index contributed by atoms with van der Waals surface area (Å²) in [5, 5.41) is 17.4. The lowest BCUT2D eigenvalue weighted by atomic mass is 10.1. The molecular weight excluding hydrogens is 452 g/mol. The number of aromatic nitrogens is 2. The van der Waals surface area contributed by atoms with Gasteiger partial charge in [0.25, 0.3) is 0 Å². The molecule has 3 rings (SSSR count). The molecule has 3 aromatic rings. The van der Waals surface area contributed by atoms with Crippen LogP contribution in [0.2, 0.25) is 20.1 Å². The van der Waals surface area contributed by atoms with E-state index in [-0.39, 0.29) is 44.5 Å². The van der Waals surface area contributed by atoms with Crippen LogP contribution in [0.5, 0.6) is 5.75 Å². The number of anilines is 1. The molecule has 1 amide bonds. The van der Waals surface area contributed by atoms with Gasteiger partial charge in [0.15, 0.2) is 0 Å². The zero-order valence-corrected chi connectivity index (χ0v) is 17.1. The maximum Gasteiger partial charge on any atom is 0.437 e. The molecule has 2 N–H and O–H groups in total. The van der Waals surface area contributed by atoms with E-state index in [1.165, 1.54) is 19.1 Å². The number of hydrogen-bond donors (Lipinski definition) is 2. The van der Waals surface area contributed by atoms with E-state index >= 15 is 0 Å². The number of hydrogen-bond acceptors (Lipinski definition) is 5. The van der Waals surface area contributed by atoms with Crippen molar-refractivity contribution in [3.8, 4) is 17.2 Å². The lowest BCUT2D eigenvalue weighted by molar-refractivity contribution is -0.114. The van der Waals surface area contributed by atoms with Crippen molar-refractivity contribution in [3.63, 3.8) is 0 Å². The van der Waals surface area contributed by atoms with E-state index < -0.39 is 11.7 Å². The van der Waals surface area contributed by atoms with Gasteiger partial charge >= 0.3 is 5.76 Å². The van der Waals surface area contributed by atoms with Crippen LogP contribution in [-0.4, -0.2) is 20.8 Å². The average molecular weight is 463 g/mol. The molecule has 11 heteroatoms. The van der Waals surface area contributed by atoms with Crippen molar-refractivity contribution in [3.05, 3.63) is 60.5 Å². The van der Waals surface area contributed by atoms with Gasteiger partial charge in [-0.1, -0.05) is 46.4 Å². The lowest BCUT2D eigenvalue weighted by Gasteiger charge is -2.12. The Bertz CT molecular complexity index is 1140. The van der Waals surface area contributed by atoms with Gasteiger partial charge in [-0.2, -0.15) is 4.68 Å². The number of phenolic OH excluding ortho intramolecular Hbond substituents is 1. The first-order valence-corrected chi connectivity index (χ1v) is 9.19. The molecule has 0 saturated heterocycles. The van der Waals surface area contributed by atoms with E-state index in [0.717, 1.165) is 4.68 Å². The normalized spacial score (nSPS) is 10.9. The van der Waals surface area contributed by atoms with Gasteiger partial charge in [0.2, 0.25) is 11.8 Å². The smallest absolute Gasteiger partial charge is 0.437 e. The van der Waals surface area contributed by atoms with Crippen LogP contribution in [0.1, 0.15) is 12.5 Å². The molecule has 146 valence electrons. The number of halogens is 4. The highest BCUT2D eigenvalue weighted by atomic mass is 35.5. The molecule has 7 nitrogen and oxygen atoms in total. The van der Waals surface area contributed by atoms with Crippen LogP contribution in [0.3, 0.4) is 0 Å². The molecule has 0 aliphatic carbocycles. The highest BCUT2D eigenvalue weighted by Gasteiger charge is 2.19. The number of nitrogens with one attached hydrogen (secondary N) is 1. The number of carbonyl (C=O) groups is 1. The third-order valence-corrected chi connectivity index (χ3v) is 5.07.